The van der Waals surface area contributed by atoms with Gasteiger partial charge in [-0.25, -0.2) is 9.78 Å². The van der Waals surface area contributed by atoms with Gasteiger partial charge in [0, 0.05) is 13.1 Å². The van der Waals surface area contributed by atoms with Crippen LogP contribution in [0.2, 0.25) is 0 Å². The van der Waals surface area contributed by atoms with Crippen molar-refractivity contribution >= 4 is 17.6 Å². The highest BCUT2D eigenvalue weighted by molar-refractivity contribution is 5.84. The van der Waals surface area contributed by atoms with E-state index in [-0.39, 0.29) is 13.2 Å². The molecule has 7 nitrogen and oxygen atoms in total. The van der Waals surface area contributed by atoms with Crippen molar-refractivity contribution in [1.82, 2.24) is 4.98 Å². The van der Waals surface area contributed by atoms with Gasteiger partial charge >= 0.3 is 6.09 Å². The van der Waals surface area contributed by atoms with Crippen molar-refractivity contribution in [1.29, 1.82) is 0 Å². The summed E-state index contributed by atoms with van der Waals surface area (Å²) in [7, 11) is 0. The minimum atomic E-state index is -0.602. The maximum Gasteiger partial charge on any atom is 0.411 e. The first kappa shape index (κ1) is 13.6. The van der Waals surface area contributed by atoms with Crippen LogP contribution in [0.3, 0.4) is 0 Å². The van der Waals surface area contributed by atoms with Gasteiger partial charge in [-0.2, -0.15) is 0 Å². The Balaban J connectivity index is 1.88. The van der Waals surface area contributed by atoms with Gasteiger partial charge in [-0.05, 0) is 12.1 Å². The SMILES string of the molecule is O=C(Nc1ccc(N2CCOCC2)nc1)OCCO. The Bertz CT molecular complexity index is 404. The van der Waals surface area contributed by atoms with Crippen LogP contribution in [0, 0.1) is 0 Å². The van der Waals surface area contributed by atoms with Gasteiger partial charge in [0.05, 0.1) is 31.7 Å². The van der Waals surface area contributed by atoms with E-state index >= 15 is 0 Å². The average Bonchev–Trinajstić information content (AvgIpc) is 2.47. The fourth-order valence-corrected chi connectivity index (χ4v) is 1.73. The van der Waals surface area contributed by atoms with E-state index < -0.39 is 6.09 Å². The highest BCUT2D eigenvalue weighted by Gasteiger charge is 2.12. The highest BCUT2D eigenvalue weighted by atomic mass is 16.6. The molecule has 0 bridgehead atoms. The lowest BCUT2D eigenvalue weighted by molar-refractivity contribution is 0.122. The molecule has 1 aliphatic rings. The van der Waals surface area contributed by atoms with Gasteiger partial charge in [0.15, 0.2) is 0 Å². The quantitative estimate of drug-likeness (QED) is 0.824. The molecule has 7 heteroatoms. The normalized spacial score (nSPS) is 15.1. The molecular formula is C12H17N3O4. The number of ether oxygens (including phenoxy) is 2. The molecule has 2 N–H and O–H groups in total. The van der Waals surface area contributed by atoms with Crippen LogP contribution < -0.4 is 10.2 Å². The van der Waals surface area contributed by atoms with E-state index in [0.29, 0.717) is 18.9 Å². The van der Waals surface area contributed by atoms with Gasteiger partial charge in [0.25, 0.3) is 0 Å². The fourth-order valence-electron chi connectivity index (χ4n) is 1.73. The number of carbonyl (C=O) groups is 1. The number of hydrogen-bond donors (Lipinski definition) is 2. The number of rotatable bonds is 4. The number of aromatic nitrogens is 1. The maximum atomic E-state index is 11.3. The van der Waals surface area contributed by atoms with Gasteiger partial charge in [-0.3, -0.25) is 5.32 Å². The molecule has 1 amide bonds. The molecule has 1 aromatic heterocycles. The number of aliphatic hydroxyl groups excluding tert-OH is 1. The predicted molar refractivity (Wildman–Crippen MR) is 69.3 cm³/mol. The number of aliphatic hydroxyl groups is 1. The number of amides is 1. The molecule has 104 valence electrons. The zero-order valence-electron chi connectivity index (χ0n) is 10.5. The van der Waals surface area contributed by atoms with Crippen molar-refractivity contribution in [3.63, 3.8) is 0 Å². The first-order chi connectivity index (χ1) is 9.29. The summed E-state index contributed by atoms with van der Waals surface area (Å²) in [5.74, 6) is 0.859. The highest BCUT2D eigenvalue weighted by Crippen LogP contribution is 2.15. The summed E-state index contributed by atoms with van der Waals surface area (Å²) in [6.07, 6.45) is 0.973. The van der Waals surface area contributed by atoms with Crippen molar-refractivity contribution in [2.75, 3.05) is 49.7 Å². The van der Waals surface area contributed by atoms with Crippen molar-refractivity contribution in [3.8, 4) is 0 Å². The van der Waals surface area contributed by atoms with Gasteiger partial charge in [0.2, 0.25) is 0 Å². The number of carbonyl (C=O) groups excluding carboxylic acids is 1. The summed E-state index contributed by atoms with van der Waals surface area (Å²) in [6, 6.07) is 3.60. The average molecular weight is 267 g/mol. The van der Waals surface area contributed by atoms with Gasteiger partial charge in [-0.1, -0.05) is 0 Å². The molecule has 1 aliphatic heterocycles. The van der Waals surface area contributed by atoms with Crippen molar-refractivity contribution in [3.05, 3.63) is 18.3 Å². The van der Waals surface area contributed by atoms with Crippen LogP contribution in [0.5, 0.6) is 0 Å². The molecule has 0 unspecified atom stereocenters. The third-order valence-corrected chi connectivity index (χ3v) is 2.65. The molecule has 1 saturated heterocycles. The topological polar surface area (TPSA) is 83.9 Å². The summed E-state index contributed by atoms with van der Waals surface area (Å²) >= 11 is 0. The molecule has 0 saturated carbocycles. The first-order valence-electron chi connectivity index (χ1n) is 6.13. The number of morpholine rings is 1. The molecule has 0 aromatic carbocycles. The Kier molecular flexibility index (Phi) is 4.93. The number of hydrogen-bond acceptors (Lipinski definition) is 6. The second-order valence-corrected chi connectivity index (χ2v) is 3.99. The van der Waals surface area contributed by atoms with Gasteiger partial charge < -0.3 is 19.5 Å². The zero-order valence-corrected chi connectivity index (χ0v) is 10.5. The van der Waals surface area contributed by atoms with E-state index in [4.69, 9.17) is 9.84 Å². The Hall–Kier alpha value is -1.86. The summed E-state index contributed by atoms with van der Waals surface area (Å²) in [6.45, 7) is 2.83. The molecule has 2 heterocycles. The van der Waals surface area contributed by atoms with E-state index in [1.807, 2.05) is 6.07 Å². The van der Waals surface area contributed by atoms with Crippen LogP contribution in [0.4, 0.5) is 16.3 Å². The van der Waals surface area contributed by atoms with E-state index in [9.17, 15) is 4.79 Å². The third-order valence-electron chi connectivity index (χ3n) is 2.65. The molecular weight excluding hydrogens is 250 g/mol. The third kappa shape index (κ3) is 4.08. The van der Waals surface area contributed by atoms with E-state index in [2.05, 4.69) is 19.9 Å². The van der Waals surface area contributed by atoms with Gasteiger partial charge in [-0.15, -0.1) is 0 Å². The molecule has 0 spiro atoms. The molecule has 1 aromatic rings. The molecule has 1 fully saturated rings. The van der Waals surface area contributed by atoms with Crippen molar-refractivity contribution in [2.45, 2.75) is 0 Å². The van der Waals surface area contributed by atoms with Crippen LogP contribution in [0.25, 0.3) is 0 Å². The lowest BCUT2D eigenvalue weighted by Gasteiger charge is -2.27. The Labute approximate surface area is 111 Å². The Morgan fingerprint density at radius 1 is 1.47 bits per heavy atom. The Morgan fingerprint density at radius 3 is 2.89 bits per heavy atom. The standard InChI is InChI=1S/C12H17N3O4/c16-5-8-19-12(17)14-10-1-2-11(13-9-10)15-3-6-18-7-4-15/h1-2,9,16H,3-8H2,(H,14,17). The second kappa shape index (κ2) is 6.91. The zero-order chi connectivity index (χ0) is 13.5. The van der Waals surface area contributed by atoms with Crippen molar-refractivity contribution in [2.24, 2.45) is 0 Å². The summed E-state index contributed by atoms with van der Waals surface area (Å²) in [5.41, 5.74) is 0.556. The number of anilines is 2. The van der Waals surface area contributed by atoms with E-state index in [1.54, 1.807) is 12.3 Å². The summed E-state index contributed by atoms with van der Waals surface area (Å²) in [5, 5.41) is 11.1. The first-order valence-corrected chi connectivity index (χ1v) is 6.13. The lowest BCUT2D eigenvalue weighted by Crippen LogP contribution is -2.36. The number of pyridine rings is 1. The van der Waals surface area contributed by atoms with Crippen LogP contribution >= 0.6 is 0 Å². The van der Waals surface area contributed by atoms with E-state index in [1.165, 1.54) is 0 Å². The predicted octanol–water partition coefficient (Wildman–Crippen LogP) is 0.459. The second-order valence-electron chi connectivity index (χ2n) is 3.99. The summed E-state index contributed by atoms with van der Waals surface area (Å²) in [4.78, 5) is 17.7. The monoisotopic (exact) mass is 267 g/mol. The van der Waals surface area contributed by atoms with Crippen LogP contribution in [0.1, 0.15) is 0 Å². The molecule has 0 atom stereocenters. The largest absolute Gasteiger partial charge is 0.447 e. The fraction of sp³-hybridized carbons (Fsp3) is 0.500. The maximum absolute atomic E-state index is 11.3. The lowest BCUT2D eigenvalue weighted by atomic mass is 10.3. The van der Waals surface area contributed by atoms with Crippen molar-refractivity contribution < 1.29 is 19.4 Å². The van der Waals surface area contributed by atoms with Crippen LogP contribution in [-0.2, 0) is 9.47 Å². The summed E-state index contributed by atoms with van der Waals surface area (Å²) < 4.78 is 9.96. The smallest absolute Gasteiger partial charge is 0.411 e. The number of nitrogens with one attached hydrogen (secondary N) is 1. The Morgan fingerprint density at radius 2 is 2.26 bits per heavy atom. The minimum absolute atomic E-state index is 0.0227. The van der Waals surface area contributed by atoms with E-state index in [0.717, 1.165) is 18.9 Å². The molecule has 0 radical (unpaired) electrons. The molecule has 2 rings (SSSR count). The number of nitrogens with zero attached hydrogens (tertiary/aromatic N) is 2. The van der Waals surface area contributed by atoms with Crippen LogP contribution in [0.15, 0.2) is 18.3 Å². The molecule has 0 aliphatic carbocycles. The van der Waals surface area contributed by atoms with Crippen LogP contribution in [-0.4, -0.2) is 55.7 Å². The minimum Gasteiger partial charge on any atom is -0.447 e. The molecule has 19 heavy (non-hydrogen) atoms. The van der Waals surface area contributed by atoms with Gasteiger partial charge in [0.1, 0.15) is 12.4 Å².